The molecule has 4 nitrogen and oxygen atoms in total. The fourth-order valence-electron chi connectivity index (χ4n) is 0. The minimum Gasteiger partial charge on any atom is -0.264 e. The van der Waals surface area contributed by atoms with Crippen LogP contribution in [-0.4, -0.2) is 17.5 Å². The minimum absolute atomic E-state index is 0. The van der Waals surface area contributed by atoms with Crippen molar-refractivity contribution in [2.75, 3.05) is 0 Å². The second kappa shape index (κ2) is 3.50. The average molecular weight is 137 g/mol. The Balaban J connectivity index is 0. The van der Waals surface area contributed by atoms with E-state index in [1.54, 1.807) is 0 Å². The maximum absolute atomic E-state index is 8.74. The van der Waals surface area contributed by atoms with Gasteiger partial charge in [-0.3, -0.25) is 9.11 Å². The Morgan fingerprint density at radius 2 is 1.17 bits per heavy atom. The van der Waals surface area contributed by atoms with Crippen LogP contribution in [-0.2, 0) is 10.4 Å². The van der Waals surface area contributed by atoms with Crippen LogP contribution in [0.5, 0.6) is 0 Å². The standard InChI is InChI=1S/K.H2O4S/c;1-5(2,3)4/h;(H2,1,2,3,4)/q+1;. The first-order valence-electron chi connectivity index (χ1n) is 0.698. The molecule has 0 saturated heterocycles. The van der Waals surface area contributed by atoms with E-state index in [0.29, 0.717) is 0 Å². The van der Waals surface area contributed by atoms with E-state index in [1.807, 2.05) is 0 Å². The van der Waals surface area contributed by atoms with Gasteiger partial charge in [0.05, 0.1) is 0 Å². The van der Waals surface area contributed by atoms with Crippen LogP contribution in [0.4, 0.5) is 0 Å². The van der Waals surface area contributed by atoms with Crippen molar-refractivity contribution in [1.82, 2.24) is 0 Å². The molecule has 0 aliphatic rings. The van der Waals surface area contributed by atoms with Crippen molar-refractivity contribution in [3.8, 4) is 0 Å². The Bertz CT molecular complexity index is 90.7. The van der Waals surface area contributed by atoms with Crippen LogP contribution >= 0.6 is 0 Å². The van der Waals surface area contributed by atoms with Crippen LogP contribution < -0.4 is 51.4 Å². The number of hydrogen-bond acceptors (Lipinski definition) is 2. The van der Waals surface area contributed by atoms with Gasteiger partial charge < -0.3 is 0 Å². The van der Waals surface area contributed by atoms with E-state index in [4.69, 9.17) is 17.5 Å². The summed E-state index contributed by atoms with van der Waals surface area (Å²) in [7, 11) is -4.67. The average Bonchev–Trinajstić information content (AvgIpc) is 0.722. The van der Waals surface area contributed by atoms with Gasteiger partial charge in [-0.15, -0.1) is 0 Å². The molecule has 0 rings (SSSR count). The molecule has 0 spiro atoms. The normalized spacial score (nSPS) is 9.67. The zero-order valence-corrected chi connectivity index (χ0v) is 7.06. The van der Waals surface area contributed by atoms with Crippen LogP contribution in [0.2, 0.25) is 0 Å². The van der Waals surface area contributed by atoms with Crippen LogP contribution in [0.15, 0.2) is 0 Å². The maximum atomic E-state index is 8.74. The van der Waals surface area contributed by atoms with E-state index in [1.165, 1.54) is 0 Å². The summed E-state index contributed by atoms with van der Waals surface area (Å²) in [6, 6.07) is 0. The van der Waals surface area contributed by atoms with Gasteiger partial charge in [0, 0.05) is 0 Å². The van der Waals surface area contributed by atoms with E-state index in [9.17, 15) is 0 Å². The zero-order valence-electron chi connectivity index (χ0n) is 3.12. The summed E-state index contributed by atoms with van der Waals surface area (Å²) in [5, 5.41) is 0. The first kappa shape index (κ1) is 10.5. The van der Waals surface area contributed by atoms with Crippen molar-refractivity contribution in [3.63, 3.8) is 0 Å². The van der Waals surface area contributed by atoms with Gasteiger partial charge >= 0.3 is 61.8 Å². The molecule has 0 aromatic heterocycles. The number of hydrogen-bond donors (Lipinski definition) is 2. The molecule has 0 amide bonds. The smallest absolute Gasteiger partial charge is 0.264 e. The largest absolute Gasteiger partial charge is 1.00 e. The summed E-state index contributed by atoms with van der Waals surface area (Å²) in [4.78, 5) is 0. The van der Waals surface area contributed by atoms with Crippen molar-refractivity contribution >= 4 is 10.4 Å². The van der Waals surface area contributed by atoms with Crippen LogP contribution in [0.3, 0.4) is 0 Å². The van der Waals surface area contributed by atoms with E-state index < -0.39 is 10.4 Å². The van der Waals surface area contributed by atoms with Crippen molar-refractivity contribution in [1.29, 1.82) is 0 Å². The van der Waals surface area contributed by atoms with Crippen LogP contribution in [0.1, 0.15) is 0 Å². The Hall–Kier alpha value is 1.51. The number of rotatable bonds is 0. The van der Waals surface area contributed by atoms with Crippen molar-refractivity contribution < 1.29 is 68.9 Å². The summed E-state index contributed by atoms with van der Waals surface area (Å²) in [5.74, 6) is 0. The van der Waals surface area contributed by atoms with Crippen molar-refractivity contribution in [2.24, 2.45) is 0 Å². The third-order valence-corrected chi connectivity index (χ3v) is 0. The molecule has 0 saturated carbocycles. The topological polar surface area (TPSA) is 74.6 Å². The Labute approximate surface area is 77.9 Å². The van der Waals surface area contributed by atoms with E-state index in [0.717, 1.165) is 0 Å². The molecule has 0 aliphatic carbocycles. The van der Waals surface area contributed by atoms with Gasteiger partial charge in [0.1, 0.15) is 0 Å². The molecule has 6 heavy (non-hydrogen) atoms. The van der Waals surface area contributed by atoms with Gasteiger partial charge in [-0.1, -0.05) is 0 Å². The summed E-state index contributed by atoms with van der Waals surface area (Å²) >= 11 is 0. The fraction of sp³-hybridized carbons (Fsp3) is 0. The SMILES string of the molecule is O=S(=O)(O)O.[K+]. The Kier molecular flexibility index (Phi) is 6.12. The molecule has 2 N–H and O–H groups in total. The minimum atomic E-state index is -4.67. The predicted molar refractivity (Wildman–Crippen MR) is 14.2 cm³/mol. The maximum Gasteiger partial charge on any atom is 1.00 e. The molecule has 32 valence electrons. The van der Waals surface area contributed by atoms with Gasteiger partial charge in [-0.25, -0.2) is 0 Å². The van der Waals surface area contributed by atoms with Gasteiger partial charge in [-0.05, 0) is 0 Å². The second-order valence-electron chi connectivity index (χ2n) is 0.448. The predicted octanol–water partition coefficient (Wildman–Crippen LogP) is -3.65. The van der Waals surface area contributed by atoms with Gasteiger partial charge in [-0.2, -0.15) is 8.42 Å². The first-order chi connectivity index (χ1) is 2.00. The van der Waals surface area contributed by atoms with E-state index >= 15 is 0 Å². The quantitative estimate of drug-likeness (QED) is 0.267. The van der Waals surface area contributed by atoms with E-state index in [2.05, 4.69) is 0 Å². The van der Waals surface area contributed by atoms with E-state index in [-0.39, 0.29) is 51.4 Å². The molecule has 6 heteroatoms. The molecule has 0 aliphatic heterocycles. The molecule has 0 radical (unpaired) electrons. The molecular weight excluding hydrogens is 135 g/mol. The summed E-state index contributed by atoms with van der Waals surface area (Å²) in [5.41, 5.74) is 0. The molecule has 0 aromatic carbocycles. The van der Waals surface area contributed by atoms with Gasteiger partial charge in [0.15, 0.2) is 0 Å². The third-order valence-electron chi connectivity index (χ3n) is 0. The van der Waals surface area contributed by atoms with Crippen molar-refractivity contribution in [2.45, 2.75) is 0 Å². The molecule has 0 heterocycles. The van der Waals surface area contributed by atoms with Crippen molar-refractivity contribution in [3.05, 3.63) is 0 Å². The summed E-state index contributed by atoms with van der Waals surface area (Å²) in [6.07, 6.45) is 0. The molecule has 0 bridgehead atoms. The third kappa shape index (κ3) is 49.3. The fourth-order valence-corrected chi connectivity index (χ4v) is 0. The molecule has 0 fully saturated rings. The molecule has 0 aromatic rings. The van der Waals surface area contributed by atoms with Gasteiger partial charge in [0.25, 0.3) is 0 Å². The first-order valence-corrected chi connectivity index (χ1v) is 2.10. The Morgan fingerprint density at radius 1 is 1.17 bits per heavy atom. The van der Waals surface area contributed by atoms with Gasteiger partial charge in [0.2, 0.25) is 0 Å². The van der Waals surface area contributed by atoms with Crippen LogP contribution in [0.25, 0.3) is 0 Å². The summed E-state index contributed by atoms with van der Waals surface area (Å²) < 4.78 is 31.6. The molecule has 0 unspecified atom stereocenters. The monoisotopic (exact) mass is 137 g/mol. The van der Waals surface area contributed by atoms with Crippen LogP contribution in [0, 0.1) is 0 Å². The zero-order chi connectivity index (χ0) is 4.50. The Morgan fingerprint density at radius 3 is 1.17 bits per heavy atom. The summed E-state index contributed by atoms with van der Waals surface area (Å²) in [6.45, 7) is 0. The second-order valence-corrected chi connectivity index (χ2v) is 1.34. The molecular formula is H2KO4S+. The molecule has 0 atom stereocenters.